The van der Waals surface area contributed by atoms with Gasteiger partial charge in [0.15, 0.2) is 17.7 Å². The van der Waals surface area contributed by atoms with E-state index in [0.717, 1.165) is 56.9 Å². The van der Waals surface area contributed by atoms with Gasteiger partial charge in [0.2, 0.25) is 0 Å². The summed E-state index contributed by atoms with van der Waals surface area (Å²) in [5, 5.41) is 10.5. The third-order valence-corrected chi connectivity index (χ3v) is 7.42. The van der Waals surface area contributed by atoms with Crippen LogP contribution >= 0.6 is 0 Å². The van der Waals surface area contributed by atoms with Crippen molar-refractivity contribution >= 4 is 17.5 Å². The van der Waals surface area contributed by atoms with Crippen molar-refractivity contribution < 1.29 is 38.4 Å². The molecule has 0 amide bonds. The highest BCUT2D eigenvalue weighted by Gasteiger charge is 2.29. The Labute approximate surface area is 249 Å². The third-order valence-electron chi connectivity index (χ3n) is 7.42. The van der Waals surface area contributed by atoms with Gasteiger partial charge in [-0.1, -0.05) is 39.5 Å². The van der Waals surface area contributed by atoms with Crippen LogP contribution in [0.2, 0.25) is 0 Å². The highest BCUT2D eigenvalue weighted by Crippen LogP contribution is 2.36. The zero-order valence-electron chi connectivity index (χ0n) is 25.6. The average Bonchev–Trinajstić information content (AvgIpc) is 2.97. The number of Topliss-reactive ketones (excluding diaryl/α,β-unsaturated/α-hetero) is 2. The molecule has 1 atom stereocenters. The van der Waals surface area contributed by atoms with Gasteiger partial charge in [-0.25, -0.2) is 4.79 Å². The Balaban J connectivity index is 1.49. The Kier molecular flexibility index (Phi) is 13.2. The predicted molar refractivity (Wildman–Crippen MR) is 161 cm³/mol. The molecule has 2 aromatic rings. The van der Waals surface area contributed by atoms with E-state index in [1.54, 1.807) is 18.2 Å². The number of aromatic hydroxyl groups is 1. The maximum atomic E-state index is 12.5. The fourth-order valence-corrected chi connectivity index (χ4v) is 5.04. The van der Waals surface area contributed by atoms with Crippen molar-refractivity contribution in [2.75, 3.05) is 19.8 Å². The van der Waals surface area contributed by atoms with Gasteiger partial charge in [0.1, 0.15) is 23.0 Å². The Morgan fingerprint density at radius 1 is 0.833 bits per heavy atom. The van der Waals surface area contributed by atoms with Crippen LogP contribution in [0.1, 0.15) is 117 Å². The second-order valence-electron chi connectivity index (χ2n) is 10.9. The number of fused-ring (bicyclic) bond motifs is 1. The zero-order chi connectivity index (χ0) is 30.5. The summed E-state index contributed by atoms with van der Waals surface area (Å²) >= 11 is 0. The molecule has 8 heteroatoms. The number of carbonyl (C=O) groups is 3. The Hall–Kier alpha value is -3.55. The minimum absolute atomic E-state index is 0.0103. The molecular weight excluding hydrogens is 536 g/mol. The number of unbranched alkanes of at least 4 members (excludes halogenated alkanes) is 5. The summed E-state index contributed by atoms with van der Waals surface area (Å²) in [5.74, 6) is 1.03. The molecule has 8 nitrogen and oxygen atoms in total. The molecule has 3 rings (SSSR count). The normalized spacial score (nSPS) is 14.0. The van der Waals surface area contributed by atoms with Crippen molar-refractivity contribution in [3.05, 3.63) is 46.5 Å². The molecule has 0 saturated carbocycles. The van der Waals surface area contributed by atoms with Crippen LogP contribution in [0.5, 0.6) is 23.0 Å². The summed E-state index contributed by atoms with van der Waals surface area (Å²) < 4.78 is 23.4. The molecule has 1 heterocycles. The van der Waals surface area contributed by atoms with Crippen molar-refractivity contribution in [1.29, 1.82) is 0 Å². The van der Waals surface area contributed by atoms with Gasteiger partial charge in [-0.05, 0) is 82.6 Å². The van der Waals surface area contributed by atoms with Crippen molar-refractivity contribution in [3.8, 4) is 23.0 Å². The molecule has 230 valence electrons. The quantitative estimate of drug-likeness (QED) is 0.112. The van der Waals surface area contributed by atoms with E-state index in [-0.39, 0.29) is 23.3 Å². The Morgan fingerprint density at radius 3 is 2.17 bits per heavy atom. The lowest BCUT2D eigenvalue weighted by atomic mass is 9.98. The first-order chi connectivity index (χ1) is 20.3. The van der Waals surface area contributed by atoms with Crippen LogP contribution in [-0.2, 0) is 22.4 Å². The van der Waals surface area contributed by atoms with Crippen molar-refractivity contribution in [1.82, 2.24) is 0 Å². The molecule has 1 N–H and O–H groups in total. The number of carbonyl (C=O) groups excluding carboxylic acids is 3. The van der Waals surface area contributed by atoms with Crippen LogP contribution in [-0.4, -0.2) is 48.6 Å². The van der Waals surface area contributed by atoms with E-state index in [1.165, 1.54) is 13.8 Å². The largest absolute Gasteiger partial charge is 0.507 e. The lowest BCUT2D eigenvalue weighted by Crippen LogP contribution is -2.33. The standard InChI is InChI=1S/C34H46O8/c1-5-7-8-10-20-41-34(38)30-16-14-25-21-28(24(4)36)32(22-31(25)42-30)40-19-12-9-11-18-39-29-17-15-26(23(3)35)33(37)27(29)13-6-2/h15,17,21-22,30,37H,5-14,16,18-20H2,1-4H3. The van der Waals surface area contributed by atoms with Gasteiger partial charge in [-0.15, -0.1) is 0 Å². The van der Waals surface area contributed by atoms with Crippen molar-refractivity contribution in [2.24, 2.45) is 0 Å². The summed E-state index contributed by atoms with van der Waals surface area (Å²) in [5.41, 5.74) is 2.38. The molecule has 0 spiro atoms. The minimum Gasteiger partial charge on any atom is -0.507 e. The molecule has 1 unspecified atom stereocenters. The molecule has 0 fully saturated rings. The van der Waals surface area contributed by atoms with Crippen LogP contribution < -0.4 is 14.2 Å². The van der Waals surface area contributed by atoms with E-state index < -0.39 is 6.10 Å². The fourth-order valence-electron chi connectivity index (χ4n) is 5.04. The number of hydrogen-bond donors (Lipinski definition) is 1. The highest BCUT2D eigenvalue weighted by molar-refractivity contribution is 5.98. The van der Waals surface area contributed by atoms with E-state index in [0.29, 0.717) is 73.0 Å². The SMILES string of the molecule is CCCCCCOC(=O)C1CCc2cc(C(C)=O)c(OCCCCCOc3ccc(C(C)=O)c(O)c3CCC)cc2O1. The molecule has 42 heavy (non-hydrogen) atoms. The van der Waals surface area contributed by atoms with Crippen LogP contribution in [0.25, 0.3) is 0 Å². The van der Waals surface area contributed by atoms with E-state index in [9.17, 15) is 19.5 Å². The second kappa shape index (κ2) is 16.8. The Bertz CT molecular complexity index is 1220. The van der Waals surface area contributed by atoms with Crippen molar-refractivity contribution in [3.63, 3.8) is 0 Å². The van der Waals surface area contributed by atoms with Gasteiger partial charge < -0.3 is 24.1 Å². The minimum atomic E-state index is -0.655. The van der Waals surface area contributed by atoms with Crippen LogP contribution in [0.15, 0.2) is 24.3 Å². The maximum Gasteiger partial charge on any atom is 0.347 e. The van der Waals surface area contributed by atoms with Gasteiger partial charge in [0, 0.05) is 11.6 Å². The van der Waals surface area contributed by atoms with Gasteiger partial charge >= 0.3 is 5.97 Å². The number of hydrogen-bond acceptors (Lipinski definition) is 8. The molecular formula is C34H46O8. The molecule has 1 aliphatic heterocycles. The average molecular weight is 583 g/mol. The van der Waals surface area contributed by atoms with Gasteiger partial charge in [0.05, 0.1) is 30.9 Å². The number of rotatable bonds is 18. The third kappa shape index (κ3) is 9.23. The number of aryl methyl sites for hydroxylation is 1. The lowest BCUT2D eigenvalue weighted by molar-refractivity contribution is -0.152. The molecule has 0 aromatic heterocycles. The molecule has 0 radical (unpaired) electrons. The summed E-state index contributed by atoms with van der Waals surface area (Å²) in [7, 11) is 0. The van der Waals surface area contributed by atoms with Crippen molar-refractivity contribution in [2.45, 2.75) is 104 Å². The number of phenols is 1. The predicted octanol–water partition coefficient (Wildman–Crippen LogP) is 7.20. The first-order valence-electron chi connectivity index (χ1n) is 15.4. The van der Waals surface area contributed by atoms with Gasteiger partial charge in [-0.3, -0.25) is 9.59 Å². The number of esters is 1. The molecule has 0 aliphatic carbocycles. The second-order valence-corrected chi connectivity index (χ2v) is 10.9. The maximum absolute atomic E-state index is 12.5. The topological polar surface area (TPSA) is 108 Å². The van der Waals surface area contributed by atoms with Crippen LogP contribution in [0.3, 0.4) is 0 Å². The summed E-state index contributed by atoms with van der Waals surface area (Å²) in [6, 6.07) is 6.90. The van der Waals surface area contributed by atoms with E-state index in [2.05, 4.69) is 6.92 Å². The lowest BCUT2D eigenvalue weighted by Gasteiger charge is -2.26. The molecule has 2 aromatic carbocycles. The van der Waals surface area contributed by atoms with E-state index in [1.807, 2.05) is 13.0 Å². The van der Waals surface area contributed by atoms with Crippen LogP contribution in [0, 0.1) is 0 Å². The number of ketones is 2. The Morgan fingerprint density at radius 2 is 1.50 bits per heavy atom. The number of phenolic OH excluding ortho intramolecular Hbond substituents is 1. The molecule has 0 saturated heterocycles. The van der Waals surface area contributed by atoms with E-state index >= 15 is 0 Å². The summed E-state index contributed by atoms with van der Waals surface area (Å²) in [4.78, 5) is 36.6. The van der Waals surface area contributed by atoms with Gasteiger partial charge in [0.25, 0.3) is 0 Å². The highest BCUT2D eigenvalue weighted by atomic mass is 16.6. The van der Waals surface area contributed by atoms with Gasteiger partial charge in [-0.2, -0.15) is 0 Å². The fraction of sp³-hybridized carbons (Fsp3) is 0.559. The monoisotopic (exact) mass is 582 g/mol. The van der Waals surface area contributed by atoms with Crippen LogP contribution in [0.4, 0.5) is 0 Å². The summed E-state index contributed by atoms with van der Waals surface area (Å²) in [6.45, 7) is 8.40. The number of ether oxygens (including phenoxy) is 4. The van der Waals surface area contributed by atoms with E-state index in [4.69, 9.17) is 18.9 Å². The first-order valence-corrected chi connectivity index (χ1v) is 15.4. The first kappa shape index (κ1) is 33.0. The summed E-state index contributed by atoms with van der Waals surface area (Å²) in [6.07, 6.45) is 8.45. The zero-order valence-corrected chi connectivity index (χ0v) is 25.6. The smallest absolute Gasteiger partial charge is 0.347 e. The number of benzene rings is 2. The molecule has 1 aliphatic rings. The molecule has 0 bridgehead atoms.